The summed E-state index contributed by atoms with van der Waals surface area (Å²) in [5.74, 6) is -0.417. The molecule has 0 aromatic heterocycles. The second-order valence-corrected chi connectivity index (χ2v) is 5.74. The normalized spacial score (nSPS) is 15.6. The molecule has 1 amide bonds. The molecule has 0 heterocycles. The van der Waals surface area contributed by atoms with Crippen LogP contribution in [0.4, 0.5) is 0 Å². The lowest BCUT2D eigenvalue weighted by Gasteiger charge is -2.13. The predicted molar refractivity (Wildman–Crippen MR) is 77.1 cm³/mol. The fourth-order valence-corrected chi connectivity index (χ4v) is 2.24. The number of carbonyl (C=O) groups excluding carboxylic acids is 2. The molecule has 0 radical (unpaired) electrons. The summed E-state index contributed by atoms with van der Waals surface area (Å²) in [6, 6.07) is 4.62. The van der Waals surface area contributed by atoms with E-state index in [-0.39, 0.29) is 29.1 Å². The maximum Gasteiger partial charge on any atom is 0.340 e. The van der Waals surface area contributed by atoms with Crippen LogP contribution in [-0.2, 0) is 9.53 Å². The van der Waals surface area contributed by atoms with Crippen LogP contribution in [0.25, 0.3) is 0 Å². The highest BCUT2D eigenvalue weighted by molar-refractivity contribution is 6.35. The number of halogens is 2. The third-order valence-corrected chi connectivity index (χ3v) is 3.77. The highest BCUT2D eigenvalue weighted by atomic mass is 35.5. The Morgan fingerprint density at radius 3 is 2.75 bits per heavy atom. The molecule has 0 aliphatic heterocycles. The molecule has 0 unspecified atom stereocenters. The van der Waals surface area contributed by atoms with E-state index in [9.17, 15) is 9.59 Å². The number of nitrogens with one attached hydrogen (secondary N) is 1. The first-order valence-electron chi connectivity index (χ1n) is 6.39. The SMILES string of the molecule is C[C@@H](NC(=O)COC(=O)c1cc(Cl)ccc1Cl)C1CC1. The van der Waals surface area contributed by atoms with E-state index in [1.165, 1.54) is 12.1 Å². The quantitative estimate of drug-likeness (QED) is 0.850. The molecule has 1 saturated carbocycles. The number of rotatable bonds is 5. The third-order valence-electron chi connectivity index (χ3n) is 3.20. The van der Waals surface area contributed by atoms with Crippen molar-refractivity contribution >= 4 is 35.1 Å². The summed E-state index contributed by atoms with van der Waals surface area (Å²) in [4.78, 5) is 23.4. The summed E-state index contributed by atoms with van der Waals surface area (Å²) < 4.78 is 4.93. The number of benzene rings is 1. The van der Waals surface area contributed by atoms with E-state index >= 15 is 0 Å². The van der Waals surface area contributed by atoms with E-state index in [2.05, 4.69) is 5.32 Å². The van der Waals surface area contributed by atoms with E-state index in [0.29, 0.717) is 10.9 Å². The fourth-order valence-electron chi connectivity index (χ4n) is 1.87. The van der Waals surface area contributed by atoms with E-state index in [1.54, 1.807) is 6.07 Å². The van der Waals surface area contributed by atoms with Gasteiger partial charge in [-0.15, -0.1) is 0 Å². The number of amides is 1. The number of ether oxygens (including phenoxy) is 1. The topological polar surface area (TPSA) is 55.4 Å². The monoisotopic (exact) mass is 315 g/mol. The van der Waals surface area contributed by atoms with Gasteiger partial charge in [0.05, 0.1) is 10.6 Å². The van der Waals surface area contributed by atoms with Gasteiger partial charge in [0, 0.05) is 11.1 Å². The van der Waals surface area contributed by atoms with Gasteiger partial charge in [-0.1, -0.05) is 23.2 Å². The van der Waals surface area contributed by atoms with Crippen LogP contribution >= 0.6 is 23.2 Å². The zero-order valence-electron chi connectivity index (χ0n) is 11.0. The van der Waals surface area contributed by atoms with Gasteiger partial charge in [0.1, 0.15) is 0 Å². The molecule has 0 bridgehead atoms. The van der Waals surface area contributed by atoms with Crippen molar-refractivity contribution < 1.29 is 14.3 Å². The Morgan fingerprint density at radius 2 is 2.10 bits per heavy atom. The molecule has 1 N–H and O–H groups in total. The van der Waals surface area contributed by atoms with Crippen molar-refractivity contribution in [2.24, 2.45) is 5.92 Å². The Kier molecular flexibility index (Phi) is 4.89. The average Bonchev–Trinajstić information content (AvgIpc) is 3.23. The summed E-state index contributed by atoms with van der Waals surface area (Å²) >= 11 is 11.7. The zero-order valence-corrected chi connectivity index (χ0v) is 12.5. The molecule has 1 aliphatic carbocycles. The molecule has 108 valence electrons. The Balaban J connectivity index is 1.85. The first-order valence-corrected chi connectivity index (χ1v) is 7.14. The van der Waals surface area contributed by atoms with E-state index in [4.69, 9.17) is 27.9 Å². The van der Waals surface area contributed by atoms with Gasteiger partial charge in [-0.3, -0.25) is 4.79 Å². The highest BCUT2D eigenvalue weighted by Gasteiger charge is 2.29. The molecule has 1 aromatic rings. The second kappa shape index (κ2) is 6.46. The molecule has 0 saturated heterocycles. The van der Waals surface area contributed by atoms with Crippen molar-refractivity contribution in [3.8, 4) is 0 Å². The third kappa shape index (κ3) is 4.12. The summed E-state index contributed by atoms with van der Waals surface area (Å²) in [7, 11) is 0. The number of hydrogen-bond acceptors (Lipinski definition) is 3. The van der Waals surface area contributed by atoms with Gasteiger partial charge < -0.3 is 10.1 Å². The van der Waals surface area contributed by atoms with Gasteiger partial charge in [0.25, 0.3) is 5.91 Å². The molecule has 1 fully saturated rings. The maximum absolute atomic E-state index is 11.8. The van der Waals surface area contributed by atoms with Gasteiger partial charge in [0.15, 0.2) is 6.61 Å². The van der Waals surface area contributed by atoms with Crippen molar-refractivity contribution in [1.29, 1.82) is 0 Å². The van der Waals surface area contributed by atoms with Crippen LogP contribution in [0.15, 0.2) is 18.2 Å². The first-order chi connectivity index (χ1) is 9.47. The second-order valence-electron chi connectivity index (χ2n) is 4.89. The predicted octanol–water partition coefficient (Wildman–Crippen LogP) is 3.06. The minimum atomic E-state index is -0.660. The van der Waals surface area contributed by atoms with Crippen LogP contribution in [0, 0.1) is 5.92 Å². The van der Waals surface area contributed by atoms with Gasteiger partial charge in [0.2, 0.25) is 0 Å². The van der Waals surface area contributed by atoms with Crippen molar-refractivity contribution in [1.82, 2.24) is 5.32 Å². The molecular weight excluding hydrogens is 301 g/mol. The lowest BCUT2D eigenvalue weighted by atomic mass is 10.2. The molecule has 1 aromatic carbocycles. The highest BCUT2D eigenvalue weighted by Crippen LogP contribution is 2.32. The van der Waals surface area contributed by atoms with E-state index < -0.39 is 5.97 Å². The lowest BCUT2D eigenvalue weighted by molar-refractivity contribution is -0.124. The smallest absolute Gasteiger partial charge is 0.340 e. The van der Waals surface area contributed by atoms with Crippen LogP contribution < -0.4 is 5.32 Å². The summed E-state index contributed by atoms with van der Waals surface area (Å²) in [5, 5.41) is 3.42. The summed E-state index contributed by atoms with van der Waals surface area (Å²) in [6.45, 7) is 1.63. The Bertz CT molecular complexity index is 529. The minimum absolute atomic E-state index is 0.121. The standard InChI is InChI=1S/C14H15Cl2NO3/c1-8(9-2-3-9)17-13(18)7-20-14(19)11-6-10(15)4-5-12(11)16/h4-6,8-9H,2-3,7H2,1H3,(H,17,18)/t8-/m1/s1. The fraction of sp³-hybridized carbons (Fsp3) is 0.429. The van der Waals surface area contributed by atoms with Gasteiger partial charge in [-0.05, 0) is 43.9 Å². The Labute approximate surface area is 127 Å². The van der Waals surface area contributed by atoms with Crippen LogP contribution in [0.1, 0.15) is 30.1 Å². The molecule has 0 spiro atoms. The van der Waals surface area contributed by atoms with Crippen LogP contribution in [-0.4, -0.2) is 24.5 Å². The number of hydrogen-bond donors (Lipinski definition) is 1. The van der Waals surface area contributed by atoms with E-state index in [1.807, 2.05) is 6.92 Å². The molecule has 6 heteroatoms. The number of esters is 1. The van der Waals surface area contributed by atoms with Gasteiger partial charge in [-0.25, -0.2) is 4.79 Å². The largest absolute Gasteiger partial charge is 0.452 e. The van der Waals surface area contributed by atoms with Crippen LogP contribution in [0.2, 0.25) is 10.0 Å². The van der Waals surface area contributed by atoms with Crippen molar-refractivity contribution in [2.75, 3.05) is 6.61 Å². The number of carbonyl (C=O) groups is 2. The van der Waals surface area contributed by atoms with Crippen LogP contribution in [0.3, 0.4) is 0 Å². The molecular formula is C14H15Cl2NO3. The molecule has 1 atom stereocenters. The Morgan fingerprint density at radius 1 is 1.40 bits per heavy atom. The zero-order chi connectivity index (χ0) is 14.7. The van der Waals surface area contributed by atoms with E-state index in [0.717, 1.165) is 12.8 Å². The van der Waals surface area contributed by atoms with Crippen molar-refractivity contribution in [2.45, 2.75) is 25.8 Å². The lowest BCUT2D eigenvalue weighted by Crippen LogP contribution is -2.37. The summed E-state index contributed by atoms with van der Waals surface area (Å²) in [5.41, 5.74) is 0.155. The molecule has 4 nitrogen and oxygen atoms in total. The van der Waals surface area contributed by atoms with Crippen molar-refractivity contribution in [3.63, 3.8) is 0 Å². The summed E-state index contributed by atoms with van der Waals surface area (Å²) in [6.07, 6.45) is 2.28. The average molecular weight is 316 g/mol. The minimum Gasteiger partial charge on any atom is -0.452 e. The van der Waals surface area contributed by atoms with Gasteiger partial charge in [-0.2, -0.15) is 0 Å². The molecule has 20 heavy (non-hydrogen) atoms. The van der Waals surface area contributed by atoms with Gasteiger partial charge >= 0.3 is 5.97 Å². The first kappa shape index (κ1) is 15.1. The van der Waals surface area contributed by atoms with Crippen LogP contribution in [0.5, 0.6) is 0 Å². The van der Waals surface area contributed by atoms with Crippen molar-refractivity contribution in [3.05, 3.63) is 33.8 Å². The molecule has 2 rings (SSSR count). The maximum atomic E-state index is 11.8. The molecule has 1 aliphatic rings. The Hall–Kier alpha value is -1.26.